The van der Waals surface area contributed by atoms with Crippen LogP contribution in [-0.4, -0.2) is 23.3 Å². The Morgan fingerprint density at radius 1 is 1.17 bits per heavy atom. The van der Waals surface area contributed by atoms with Gasteiger partial charge < -0.3 is 16.2 Å². The number of anilines is 1. The lowest BCUT2D eigenvalue weighted by Gasteiger charge is -1.98. The molecule has 18 heavy (non-hydrogen) atoms. The van der Waals surface area contributed by atoms with Crippen molar-refractivity contribution in [3.05, 3.63) is 30.1 Å². The fourth-order valence-electron chi connectivity index (χ4n) is 0.675. The van der Waals surface area contributed by atoms with Crippen molar-refractivity contribution >= 4 is 17.7 Å². The van der Waals surface area contributed by atoms with E-state index in [4.69, 9.17) is 15.6 Å². The summed E-state index contributed by atoms with van der Waals surface area (Å²) in [7, 11) is 0. The lowest BCUT2D eigenvalue weighted by Crippen LogP contribution is -2.21. The molecule has 0 atom stereocenters. The summed E-state index contributed by atoms with van der Waals surface area (Å²) in [6.45, 7) is 0. The molecule has 0 unspecified atom stereocenters. The van der Waals surface area contributed by atoms with Crippen LogP contribution in [0.2, 0.25) is 0 Å². The Kier molecular flexibility index (Phi) is 5.60. The fourth-order valence-corrected chi connectivity index (χ4v) is 0.675. The van der Waals surface area contributed by atoms with Crippen molar-refractivity contribution < 1.29 is 32.3 Å². The van der Waals surface area contributed by atoms with E-state index in [0.29, 0.717) is 5.69 Å². The highest BCUT2D eigenvalue weighted by atomic mass is 19.4. The molecular weight excluding hydrogens is 260 g/mol. The van der Waals surface area contributed by atoms with Gasteiger partial charge in [0.1, 0.15) is 5.82 Å². The Bertz CT molecular complexity index is 417. The summed E-state index contributed by atoms with van der Waals surface area (Å²) < 4.78 is 44.0. The molecule has 0 saturated carbocycles. The maximum absolute atomic E-state index is 12.3. The molecule has 0 aliphatic heterocycles. The van der Waals surface area contributed by atoms with Gasteiger partial charge in [-0.05, 0) is 24.3 Å². The van der Waals surface area contributed by atoms with Gasteiger partial charge in [-0.2, -0.15) is 13.2 Å². The second kappa shape index (κ2) is 6.42. The van der Waals surface area contributed by atoms with Crippen molar-refractivity contribution in [1.82, 2.24) is 0 Å². The van der Waals surface area contributed by atoms with Gasteiger partial charge >= 0.3 is 18.2 Å². The van der Waals surface area contributed by atoms with E-state index in [9.17, 15) is 22.4 Å². The average molecular weight is 268 g/mol. The number of rotatable bonds is 1. The summed E-state index contributed by atoms with van der Waals surface area (Å²) in [6, 6.07) is 4.69. The van der Waals surface area contributed by atoms with E-state index >= 15 is 0 Å². The van der Waals surface area contributed by atoms with Crippen LogP contribution in [0.15, 0.2) is 24.3 Å². The van der Waals surface area contributed by atoms with Gasteiger partial charge in [-0.25, -0.2) is 14.0 Å². The third kappa shape index (κ3) is 7.04. The second-order valence-electron chi connectivity index (χ2n) is 2.80. The number of hydrogen-bond donors (Lipinski definition) is 3. The third-order valence-electron chi connectivity index (χ3n) is 1.35. The Labute approximate surface area is 98.2 Å². The maximum atomic E-state index is 12.3. The molecule has 0 radical (unpaired) electrons. The first-order chi connectivity index (χ1) is 8.12. The van der Waals surface area contributed by atoms with Crippen LogP contribution in [0.1, 0.15) is 0 Å². The van der Waals surface area contributed by atoms with E-state index in [1.54, 1.807) is 0 Å². The molecule has 5 nitrogen and oxygen atoms in total. The maximum Gasteiger partial charge on any atom is 0.490 e. The molecule has 4 N–H and O–H groups in total. The van der Waals surface area contributed by atoms with Crippen molar-refractivity contribution in [3.8, 4) is 0 Å². The van der Waals surface area contributed by atoms with Gasteiger partial charge in [0.25, 0.3) is 0 Å². The van der Waals surface area contributed by atoms with Gasteiger partial charge in [-0.15, -0.1) is 0 Å². The molecule has 1 aromatic carbocycles. The molecule has 1 aromatic rings. The summed E-state index contributed by atoms with van der Waals surface area (Å²) in [4.78, 5) is 19.2. The third-order valence-corrected chi connectivity index (χ3v) is 1.35. The zero-order chi connectivity index (χ0) is 14.3. The normalized spacial score (nSPS) is 10.0. The predicted octanol–water partition coefficient (Wildman–Crippen LogP) is 1.95. The van der Waals surface area contributed by atoms with Crippen molar-refractivity contribution in [3.63, 3.8) is 0 Å². The lowest BCUT2D eigenvalue weighted by molar-refractivity contribution is -0.192. The number of nitrogens with two attached hydrogens (primary N) is 1. The minimum Gasteiger partial charge on any atom is -0.475 e. The lowest BCUT2D eigenvalue weighted by atomic mass is 10.3. The monoisotopic (exact) mass is 268 g/mol. The highest BCUT2D eigenvalue weighted by Crippen LogP contribution is 2.13. The molecule has 100 valence electrons. The van der Waals surface area contributed by atoms with Crippen LogP contribution in [0.3, 0.4) is 0 Å². The number of carboxylic acid groups (broad SMARTS) is 1. The number of primary amides is 1. The van der Waals surface area contributed by atoms with Crippen molar-refractivity contribution in [2.24, 2.45) is 5.73 Å². The number of carbonyl (C=O) groups is 2. The first-order valence-electron chi connectivity index (χ1n) is 4.25. The topological polar surface area (TPSA) is 92.4 Å². The minimum absolute atomic E-state index is 0.347. The summed E-state index contributed by atoms with van der Waals surface area (Å²) in [6.07, 6.45) is -5.08. The van der Waals surface area contributed by atoms with Gasteiger partial charge in [-0.3, -0.25) is 0 Å². The molecular formula is C9H8F4N2O3. The van der Waals surface area contributed by atoms with Crippen LogP contribution < -0.4 is 11.1 Å². The van der Waals surface area contributed by atoms with Crippen molar-refractivity contribution in [2.75, 3.05) is 5.32 Å². The molecule has 0 aliphatic rings. The molecule has 9 heteroatoms. The highest BCUT2D eigenvalue weighted by Gasteiger charge is 2.38. The molecule has 0 bridgehead atoms. The van der Waals surface area contributed by atoms with Gasteiger partial charge in [0, 0.05) is 5.69 Å². The number of benzene rings is 1. The highest BCUT2D eigenvalue weighted by molar-refractivity contribution is 5.87. The molecule has 0 aromatic heterocycles. The number of aliphatic carboxylic acids is 1. The first-order valence-corrected chi connectivity index (χ1v) is 4.25. The standard InChI is InChI=1S/C7H7FN2O.C2HF3O2/c8-5-1-3-6(4-2-5)10-7(9)11;3-2(4,5)1(6)7/h1-4H,(H3,9,10,11);(H,6,7). The molecule has 0 saturated heterocycles. The summed E-state index contributed by atoms with van der Waals surface area (Å²) in [5, 5.41) is 9.43. The molecule has 1 rings (SSSR count). The van der Waals surface area contributed by atoms with Crippen molar-refractivity contribution in [2.45, 2.75) is 6.18 Å². The van der Waals surface area contributed by atoms with Crippen LogP contribution in [0.5, 0.6) is 0 Å². The SMILES string of the molecule is NC(=O)Nc1ccc(F)cc1.O=C(O)C(F)(F)F. The largest absolute Gasteiger partial charge is 0.490 e. The Hall–Kier alpha value is -2.32. The van der Waals surface area contributed by atoms with E-state index in [-0.39, 0.29) is 5.82 Å². The average Bonchev–Trinajstić information content (AvgIpc) is 2.20. The minimum atomic E-state index is -5.08. The van der Waals surface area contributed by atoms with Gasteiger partial charge in [0.15, 0.2) is 0 Å². The summed E-state index contributed by atoms with van der Waals surface area (Å²) >= 11 is 0. The van der Waals surface area contributed by atoms with Crippen LogP contribution in [0.4, 0.5) is 28.0 Å². The van der Waals surface area contributed by atoms with E-state index in [0.717, 1.165) is 0 Å². The smallest absolute Gasteiger partial charge is 0.475 e. The van der Waals surface area contributed by atoms with E-state index < -0.39 is 18.2 Å². The molecule has 0 fully saturated rings. The Morgan fingerprint density at radius 3 is 1.83 bits per heavy atom. The molecule has 0 aliphatic carbocycles. The quantitative estimate of drug-likeness (QED) is 0.679. The summed E-state index contributed by atoms with van der Waals surface area (Å²) in [5.74, 6) is -3.10. The number of hydrogen-bond acceptors (Lipinski definition) is 2. The van der Waals surface area contributed by atoms with Crippen molar-refractivity contribution in [1.29, 1.82) is 0 Å². The van der Waals surface area contributed by atoms with Crippen LogP contribution in [0, 0.1) is 5.82 Å². The zero-order valence-electron chi connectivity index (χ0n) is 8.66. The second-order valence-corrected chi connectivity index (χ2v) is 2.80. The van der Waals surface area contributed by atoms with Gasteiger partial charge in [0.2, 0.25) is 0 Å². The van der Waals surface area contributed by atoms with Crippen LogP contribution in [0.25, 0.3) is 0 Å². The fraction of sp³-hybridized carbons (Fsp3) is 0.111. The number of carbonyl (C=O) groups excluding carboxylic acids is 1. The zero-order valence-corrected chi connectivity index (χ0v) is 8.66. The Balaban J connectivity index is 0.000000360. The number of nitrogens with one attached hydrogen (secondary N) is 1. The summed E-state index contributed by atoms with van der Waals surface area (Å²) in [5.41, 5.74) is 5.30. The van der Waals surface area contributed by atoms with Crippen LogP contribution in [-0.2, 0) is 4.79 Å². The van der Waals surface area contributed by atoms with Gasteiger partial charge in [0.05, 0.1) is 0 Å². The van der Waals surface area contributed by atoms with E-state index in [1.807, 2.05) is 0 Å². The number of carboxylic acids is 1. The van der Waals surface area contributed by atoms with E-state index in [1.165, 1.54) is 24.3 Å². The molecule has 0 spiro atoms. The van der Waals surface area contributed by atoms with Gasteiger partial charge in [-0.1, -0.05) is 0 Å². The number of halogens is 4. The predicted molar refractivity (Wildman–Crippen MR) is 53.3 cm³/mol. The number of alkyl halides is 3. The Morgan fingerprint density at radius 2 is 1.56 bits per heavy atom. The number of amides is 2. The number of urea groups is 1. The van der Waals surface area contributed by atoms with Crippen LogP contribution >= 0.6 is 0 Å². The molecule has 0 heterocycles. The van der Waals surface area contributed by atoms with E-state index in [2.05, 4.69) is 5.32 Å². The first kappa shape index (κ1) is 15.7. The molecule has 2 amide bonds.